The number of methoxy groups -OCH3 is 1. The summed E-state index contributed by atoms with van der Waals surface area (Å²) in [6, 6.07) is 6.01. The summed E-state index contributed by atoms with van der Waals surface area (Å²) in [4.78, 5) is 12.4. The van der Waals surface area contributed by atoms with Gasteiger partial charge in [0.1, 0.15) is 6.61 Å². The minimum atomic E-state index is -3.63. The first-order valence-corrected chi connectivity index (χ1v) is 11.6. The van der Waals surface area contributed by atoms with Gasteiger partial charge in [0.15, 0.2) is 11.0 Å². The number of aromatic nitrogens is 3. The predicted octanol–water partition coefficient (Wildman–Crippen LogP) is 2.42. The lowest BCUT2D eigenvalue weighted by Crippen LogP contribution is -2.40. The predicted molar refractivity (Wildman–Crippen MR) is 117 cm³/mol. The molecule has 0 fully saturated rings. The van der Waals surface area contributed by atoms with Crippen molar-refractivity contribution in [2.75, 3.05) is 18.2 Å². The fourth-order valence-corrected chi connectivity index (χ4v) is 4.67. The zero-order chi connectivity index (χ0) is 22.4. The minimum Gasteiger partial charge on any atom is -0.377 e. The quantitative estimate of drug-likeness (QED) is 0.419. The number of carbonyl (C=O) groups excluding carboxylic acids is 1. The maximum Gasteiger partial charge on any atom is 0.241 e. The van der Waals surface area contributed by atoms with Gasteiger partial charge < -0.3 is 14.6 Å². The Labute approximate surface area is 181 Å². The van der Waals surface area contributed by atoms with Gasteiger partial charge in [0, 0.05) is 24.9 Å². The van der Waals surface area contributed by atoms with Crippen LogP contribution in [0.5, 0.6) is 0 Å². The second kappa shape index (κ2) is 10.2. The molecular weight excluding hydrogens is 426 g/mol. The Bertz CT molecular complexity index is 979. The van der Waals surface area contributed by atoms with Crippen molar-refractivity contribution in [1.29, 1.82) is 0 Å². The van der Waals surface area contributed by atoms with Gasteiger partial charge in [-0.2, -0.15) is 0 Å². The number of hydrogen-bond acceptors (Lipinski definition) is 7. The van der Waals surface area contributed by atoms with Crippen LogP contribution < -0.4 is 10.0 Å². The van der Waals surface area contributed by atoms with E-state index in [2.05, 4.69) is 26.8 Å². The molecule has 9 nitrogen and oxygen atoms in total. The van der Waals surface area contributed by atoms with Crippen LogP contribution in [0.2, 0.25) is 0 Å². The van der Waals surface area contributed by atoms with E-state index in [1.165, 1.54) is 23.9 Å². The van der Waals surface area contributed by atoms with Crippen LogP contribution in [-0.2, 0) is 32.7 Å². The highest BCUT2D eigenvalue weighted by Gasteiger charge is 2.22. The molecule has 0 radical (unpaired) electrons. The summed E-state index contributed by atoms with van der Waals surface area (Å²) in [5.74, 6) is 0.527. The summed E-state index contributed by atoms with van der Waals surface area (Å²) in [7, 11) is -2.05. The molecule has 2 N–H and O–H groups in total. The molecule has 0 atom stereocenters. The molecule has 0 aliphatic heterocycles. The second-order valence-corrected chi connectivity index (χ2v) is 10.1. The highest BCUT2D eigenvalue weighted by Crippen LogP contribution is 2.19. The van der Waals surface area contributed by atoms with Gasteiger partial charge in [-0.15, -0.1) is 16.8 Å². The molecule has 11 heteroatoms. The Kier molecular flexibility index (Phi) is 8.18. The van der Waals surface area contributed by atoms with Crippen molar-refractivity contribution >= 4 is 33.4 Å². The molecule has 1 aromatic heterocycles. The SMILES string of the molecule is C=CCn1c(COC)nnc1SCC(=O)Nc1ccc(S(=O)(=O)NC(C)(C)C)cc1. The summed E-state index contributed by atoms with van der Waals surface area (Å²) in [6.45, 7) is 9.85. The Morgan fingerprint density at radius 2 is 1.93 bits per heavy atom. The van der Waals surface area contributed by atoms with Crippen LogP contribution in [0, 0.1) is 0 Å². The zero-order valence-corrected chi connectivity index (χ0v) is 19.1. The highest BCUT2D eigenvalue weighted by atomic mass is 32.2. The van der Waals surface area contributed by atoms with Gasteiger partial charge in [0.05, 0.1) is 10.6 Å². The number of hydrogen-bond donors (Lipinski definition) is 2. The first-order chi connectivity index (χ1) is 14.1. The molecule has 1 amide bonds. The third kappa shape index (κ3) is 6.94. The molecule has 0 aliphatic carbocycles. The molecule has 1 aromatic carbocycles. The molecule has 2 rings (SSSR count). The molecule has 0 aliphatic rings. The van der Waals surface area contributed by atoms with Crippen molar-refractivity contribution in [2.45, 2.75) is 49.5 Å². The lowest BCUT2D eigenvalue weighted by molar-refractivity contribution is -0.113. The van der Waals surface area contributed by atoms with E-state index in [1.54, 1.807) is 46.1 Å². The maximum atomic E-state index is 12.3. The van der Waals surface area contributed by atoms with E-state index in [1.807, 2.05) is 4.57 Å². The Hall–Kier alpha value is -2.21. The first kappa shape index (κ1) is 24.1. The van der Waals surface area contributed by atoms with Crippen molar-refractivity contribution in [3.05, 3.63) is 42.7 Å². The number of amides is 1. The first-order valence-electron chi connectivity index (χ1n) is 9.14. The van der Waals surface area contributed by atoms with E-state index >= 15 is 0 Å². The summed E-state index contributed by atoms with van der Waals surface area (Å²) >= 11 is 1.24. The smallest absolute Gasteiger partial charge is 0.241 e. The standard InChI is InChI=1S/C19H27N5O4S2/c1-6-11-24-16(12-28-5)21-22-18(24)29-13-17(25)20-14-7-9-15(10-8-14)30(26,27)23-19(2,3)4/h6-10,23H,1,11-13H2,2-5H3,(H,20,25). The molecule has 164 valence electrons. The Morgan fingerprint density at radius 1 is 1.27 bits per heavy atom. The van der Waals surface area contributed by atoms with Crippen molar-refractivity contribution in [2.24, 2.45) is 0 Å². The van der Waals surface area contributed by atoms with Crippen molar-refractivity contribution in [3.63, 3.8) is 0 Å². The minimum absolute atomic E-state index is 0.119. The number of rotatable bonds is 10. The number of allylic oxidation sites excluding steroid dienone is 1. The molecule has 0 saturated heterocycles. The van der Waals surface area contributed by atoms with Crippen molar-refractivity contribution in [1.82, 2.24) is 19.5 Å². The lowest BCUT2D eigenvalue weighted by atomic mass is 10.1. The van der Waals surface area contributed by atoms with Gasteiger partial charge in [-0.05, 0) is 45.0 Å². The summed E-state index contributed by atoms with van der Waals surface area (Å²) < 4.78 is 34.2. The van der Waals surface area contributed by atoms with Crippen LogP contribution in [0.1, 0.15) is 26.6 Å². The molecule has 0 spiro atoms. The molecule has 1 heterocycles. The molecular formula is C19H27N5O4S2. The molecule has 30 heavy (non-hydrogen) atoms. The van der Waals surface area contributed by atoms with Crippen molar-refractivity contribution in [3.8, 4) is 0 Å². The van der Waals surface area contributed by atoms with Crippen LogP contribution in [-0.4, -0.2) is 47.5 Å². The van der Waals surface area contributed by atoms with E-state index in [0.717, 1.165) is 0 Å². The van der Waals surface area contributed by atoms with Gasteiger partial charge in [-0.3, -0.25) is 4.79 Å². The van der Waals surface area contributed by atoms with Gasteiger partial charge in [0.25, 0.3) is 0 Å². The third-order valence-electron chi connectivity index (χ3n) is 3.60. The number of nitrogens with one attached hydrogen (secondary N) is 2. The van der Waals surface area contributed by atoms with Crippen LogP contribution in [0.15, 0.2) is 47.0 Å². The highest BCUT2D eigenvalue weighted by molar-refractivity contribution is 7.99. The van der Waals surface area contributed by atoms with E-state index in [4.69, 9.17) is 4.74 Å². The zero-order valence-electron chi connectivity index (χ0n) is 17.5. The Balaban J connectivity index is 1.98. The number of thioether (sulfide) groups is 1. The summed E-state index contributed by atoms with van der Waals surface area (Å²) in [6.07, 6.45) is 1.72. The van der Waals surface area contributed by atoms with Crippen LogP contribution in [0.4, 0.5) is 5.69 Å². The molecule has 0 saturated carbocycles. The van der Waals surface area contributed by atoms with E-state index in [-0.39, 0.29) is 16.6 Å². The number of sulfonamides is 1. The van der Waals surface area contributed by atoms with E-state index in [9.17, 15) is 13.2 Å². The van der Waals surface area contributed by atoms with Crippen molar-refractivity contribution < 1.29 is 17.9 Å². The maximum absolute atomic E-state index is 12.3. The van der Waals surface area contributed by atoms with E-state index < -0.39 is 15.6 Å². The van der Waals surface area contributed by atoms with Gasteiger partial charge >= 0.3 is 0 Å². The molecule has 0 unspecified atom stereocenters. The van der Waals surface area contributed by atoms with Crippen LogP contribution in [0.25, 0.3) is 0 Å². The summed E-state index contributed by atoms with van der Waals surface area (Å²) in [5.41, 5.74) is -0.0824. The van der Waals surface area contributed by atoms with Gasteiger partial charge in [-0.1, -0.05) is 17.8 Å². The monoisotopic (exact) mass is 453 g/mol. The summed E-state index contributed by atoms with van der Waals surface area (Å²) in [5, 5.41) is 11.5. The number of benzene rings is 1. The normalized spacial score (nSPS) is 12.0. The van der Waals surface area contributed by atoms with Gasteiger partial charge in [0.2, 0.25) is 15.9 Å². The van der Waals surface area contributed by atoms with E-state index in [0.29, 0.717) is 29.8 Å². The Morgan fingerprint density at radius 3 is 2.50 bits per heavy atom. The number of ether oxygens (including phenoxy) is 1. The fourth-order valence-electron chi connectivity index (χ4n) is 2.48. The average molecular weight is 454 g/mol. The molecule has 2 aromatic rings. The lowest BCUT2D eigenvalue weighted by Gasteiger charge is -2.20. The topological polar surface area (TPSA) is 115 Å². The fraction of sp³-hybridized carbons (Fsp3) is 0.421. The average Bonchev–Trinajstić information content (AvgIpc) is 3.01. The number of anilines is 1. The largest absolute Gasteiger partial charge is 0.377 e. The van der Waals surface area contributed by atoms with Gasteiger partial charge in [-0.25, -0.2) is 13.1 Å². The van der Waals surface area contributed by atoms with Crippen LogP contribution >= 0.6 is 11.8 Å². The molecule has 0 bridgehead atoms. The number of carbonyl (C=O) groups is 1. The number of nitrogens with zero attached hydrogens (tertiary/aromatic N) is 3. The third-order valence-corrected chi connectivity index (χ3v) is 6.34. The van der Waals surface area contributed by atoms with Crippen LogP contribution in [0.3, 0.4) is 0 Å². The second-order valence-electron chi connectivity index (χ2n) is 7.45.